The molecule has 3 aliphatic heterocycles. The van der Waals surface area contributed by atoms with Gasteiger partial charge in [0.2, 0.25) is 5.95 Å². The third-order valence-corrected chi connectivity index (χ3v) is 8.95. The van der Waals surface area contributed by atoms with E-state index in [0.717, 1.165) is 43.9 Å². The fraction of sp³-hybridized carbons (Fsp3) is 0.576. The predicted octanol–water partition coefficient (Wildman–Crippen LogP) is 7.73. The molecule has 5 rings (SSSR count). The van der Waals surface area contributed by atoms with Gasteiger partial charge in [-0.15, -0.1) is 0 Å². The normalized spacial score (nSPS) is 22.4. The first-order valence-electron chi connectivity index (χ1n) is 14.5. The number of unbranched alkanes of at least 4 members (excludes halogenated alkanes) is 2. The number of allylic oxidation sites excluding steroid dienone is 1. The fourth-order valence-corrected chi connectivity index (χ4v) is 7.31. The molecule has 204 valence electrons. The van der Waals surface area contributed by atoms with Crippen LogP contribution in [0.1, 0.15) is 72.8 Å². The number of nitrogens with zero attached hydrogens (tertiary/aromatic N) is 5. The largest absolute Gasteiger partial charge is 0.373 e. The van der Waals surface area contributed by atoms with Crippen molar-refractivity contribution in [3.05, 3.63) is 60.6 Å². The second kappa shape index (κ2) is 9.43. The van der Waals surface area contributed by atoms with Crippen LogP contribution in [-0.4, -0.2) is 39.8 Å². The molecule has 0 amide bonds. The van der Waals surface area contributed by atoms with Crippen molar-refractivity contribution in [1.82, 2.24) is 14.5 Å². The Kier molecular flexibility index (Phi) is 6.64. The van der Waals surface area contributed by atoms with E-state index in [1.54, 1.807) is 0 Å². The average molecular weight is 514 g/mol. The zero-order valence-corrected chi connectivity index (χ0v) is 24.7. The molecule has 2 atom stereocenters. The van der Waals surface area contributed by atoms with Gasteiger partial charge >= 0.3 is 0 Å². The average Bonchev–Trinajstić information content (AvgIpc) is 3.28. The van der Waals surface area contributed by atoms with E-state index >= 15 is 0 Å². The van der Waals surface area contributed by atoms with E-state index in [-0.39, 0.29) is 22.3 Å². The number of fused-ring (bicyclic) bond motifs is 3. The Bertz CT molecular complexity index is 1290. The molecule has 5 heteroatoms. The van der Waals surface area contributed by atoms with E-state index in [1.165, 1.54) is 35.3 Å². The van der Waals surface area contributed by atoms with Gasteiger partial charge in [-0.25, -0.2) is 4.98 Å². The SMILES string of the molecule is C=C(N1CC2(C1)C(=C)N(c1nc3ccc(C)cc3n1CCCCC)C1C=NC=CC12)C(C)(C)CC(C)(C)C. The molecule has 0 aliphatic carbocycles. The summed E-state index contributed by atoms with van der Waals surface area (Å²) in [7, 11) is 0. The summed E-state index contributed by atoms with van der Waals surface area (Å²) in [5.74, 6) is 1.35. The molecule has 0 N–H and O–H groups in total. The maximum Gasteiger partial charge on any atom is 0.211 e. The number of hydrogen-bond donors (Lipinski definition) is 0. The highest BCUT2D eigenvalue weighted by atomic mass is 15.4. The molecule has 0 radical (unpaired) electrons. The smallest absolute Gasteiger partial charge is 0.211 e. The van der Waals surface area contributed by atoms with Crippen molar-refractivity contribution in [3.63, 3.8) is 0 Å². The summed E-state index contributed by atoms with van der Waals surface area (Å²) in [5, 5.41) is 0. The molecular weight excluding hydrogens is 466 g/mol. The number of aliphatic imine (C=N–C) groups is 1. The van der Waals surface area contributed by atoms with Crippen molar-refractivity contribution in [2.75, 3.05) is 18.0 Å². The van der Waals surface area contributed by atoms with Crippen molar-refractivity contribution in [3.8, 4) is 0 Å². The number of likely N-dealkylation sites (tertiary alicyclic amines) is 1. The van der Waals surface area contributed by atoms with Gasteiger partial charge in [0.15, 0.2) is 0 Å². The molecule has 38 heavy (non-hydrogen) atoms. The van der Waals surface area contributed by atoms with Crippen LogP contribution in [0.4, 0.5) is 5.95 Å². The molecule has 4 heterocycles. The zero-order chi connectivity index (χ0) is 27.5. The zero-order valence-electron chi connectivity index (χ0n) is 24.7. The van der Waals surface area contributed by atoms with Gasteiger partial charge in [-0.05, 0) is 42.9 Å². The van der Waals surface area contributed by atoms with E-state index in [1.807, 2.05) is 6.20 Å². The van der Waals surface area contributed by atoms with Crippen LogP contribution in [0, 0.1) is 29.1 Å². The van der Waals surface area contributed by atoms with Crippen LogP contribution in [0.5, 0.6) is 0 Å². The number of hydrogen-bond acceptors (Lipinski definition) is 4. The number of anilines is 1. The van der Waals surface area contributed by atoms with Crippen molar-refractivity contribution in [2.45, 2.75) is 86.7 Å². The first kappa shape index (κ1) is 26.8. The second-order valence-corrected chi connectivity index (χ2v) is 13.8. The van der Waals surface area contributed by atoms with E-state index < -0.39 is 0 Å². The lowest BCUT2D eigenvalue weighted by Crippen LogP contribution is -2.60. The van der Waals surface area contributed by atoms with Gasteiger partial charge in [-0.3, -0.25) is 4.99 Å². The number of aromatic nitrogens is 2. The molecule has 0 bridgehead atoms. The monoisotopic (exact) mass is 513 g/mol. The lowest BCUT2D eigenvalue weighted by atomic mass is 9.66. The highest BCUT2D eigenvalue weighted by Gasteiger charge is 2.62. The summed E-state index contributed by atoms with van der Waals surface area (Å²) in [5.41, 5.74) is 6.24. The van der Waals surface area contributed by atoms with Gasteiger partial charge in [0.1, 0.15) is 0 Å². The maximum atomic E-state index is 5.22. The van der Waals surface area contributed by atoms with Crippen molar-refractivity contribution < 1.29 is 0 Å². The van der Waals surface area contributed by atoms with Crippen LogP contribution in [0.2, 0.25) is 0 Å². The summed E-state index contributed by atoms with van der Waals surface area (Å²) in [4.78, 5) is 14.7. The third kappa shape index (κ3) is 4.42. The molecule has 3 aliphatic rings. The van der Waals surface area contributed by atoms with Crippen LogP contribution in [0.15, 0.2) is 60.0 Å². The molecule has 1 aromatic heterocycles. The van der Waals surface area contributed by atoms with E-state index in [2.05, 4.69) is 105 Å². The molecular formula is C33H47N5. The number of benzene rings is 1. The number of aryl methyl sites for hydroxylation is 2. The third-order valence-electron chi connectivity index (χ3n) is 8.95. The van der Waals surface area contributed by atoms with Gasteiger partial charge in [-0.2, -0.15) is 0 Å². The van der Waals surface area contributed by atoms with Gasteiger partial charge in [0.25, 0.3) is 0 Å². The Hall–Kier alpha value is -2.82. The highest BCUT2D eigenvalue weighted by Crippen LogP contribution is 2.57. The molecule has 1 aromatic carbocycles. The Balaban J connectivity index is 1.49. The summed E-state index contributed by atoms with van der Waals surface area (Å²) in [6.07, 6.45) is 11.1. The van der Waals surface area contributed by atoms with Crippen LogP contribution in [0.25, 0.3) is 11.0 Å². The molecule has 2 saturated heterocycles. The van der Waals surface area contributed by atoms with Crippen molar-refractivity contribution >= 4 is 23.2 Å². The molecule has 2 aromatic rings. The fourth-order valence-electron chi connectivity index (χ4n) is 7.31. The molecule has 1 spiro atoms. The summed E-state index contributed by atoms with van der Waals surface area (Å²) >= 11 is 0. The number of imidazole rings is 1. The van der Waals surface area contributed by atoms with Gasteiger partial charge < -0.3 is 14.4 Å². The van der Waals surface area contributed by atoms with Crippen LogP contribution >= 0.6 is 0 Å². The Morgan fingerprint density at radius 2 is 1.87 bits per heavy atom. The molecule has 5 nitrogen and oxygen atoms in total. The molecule has 2 fully saturated rings. The van der Waals surface area contributed by atoms with E-state index in [9.17, 15) is 0 Å². The Morgan fingerprint density at radius 1 is 1.13 bits per heavy atom. The van der Waals surface area contributed by atoms with Crippen LogP contribution in [0.3, 0.4) is 0 Å². The minimum absolute atomic E-state index is 0.0311. The standard InChI is InChI=1S/C33H47N5/c1-10-11-12-17-37-28-18-23(2)13-14-27(28)35-30(37)38-25(4)33(26-15-16-34-19-29(26)38)21-36(22-33)24(3)32(8,9)20-31(5,6)7/h13-16,18-19,26,29H,3-4,10-12,17,20-22H2,1-2,5-9H3. The van der Waals surface area contributed by atoms with Crippen molar-refractivity contribution in [1.29, 1.82) is 0 Å². The Morgan fingerprint density at radius 3 is 2.55 bits per heavy atom. The summed E-state index contributed by atoms with van der Waals surface area (Å²) < 4.78 is 2.44. The maximum absolute atomic E-state index is 5.22. The lowest BCUT2D eigenvalue weighted by molar-refractivity contribution is 0.0185. The minimum atomic E-state index is -0.0311. The topological polar surface area (TPSA) is 36.7 Å². The first-order chi connectivity index (χ1) is 17.9. The second-order valence-electron chi connectivity index (χ2n) is 13.8. The molecule has 2 unspecified atom stereocenters. The Labute approximate surface area is 230 Å². The number of rotatable bonds is 8. The lowest BCUT2D eigenvalue weighted by Gasteiger charge is -2.56. The predicted molar refractivity (Wildman–Crippen MR) is 162 cm³/mol. The van der Waals surface area contributed by atoms with Gasteiger partial charge in [-0.1, -0.05) is 79.7 Å². The highest BCUT2D eigenvalue weighted by molar-refractivity contribution is 5.83. The molecule has 0 saturated carbocycles. The van der Waals surface area contributed by atoms with E-state index in [0.29, 0.717) is 5.92 Å². The minimum Gasteiger partial charge on any atom is -0.373 e. The van der Waals surface area contributed by atoms with Gasteiger partial charge in [0.05, 0.1) is 22.5 Å². The van der Waals surface area contributed by atoms with Crippen molar-refractivity contribution in [2.24, 2.45) is 27.2 Å². The quantitative estimate of drug-likeness (QED) is 0.339. The van der Waals surface area contributed by atoms with Crippen LogP contribution in [-0.2, 0) is 6.54 Å². The van der Waals surface area contributed by atoms with E-state index in [4.69, 9.17) is 11.6 Å². The summed E-state index contributed by atoms with van der Waals surface area (Å²) in [6.45, 7) is 28.3. The summed E-state index contributed by atoms with van der Waals surface area (Å²) in [6, 6.07) is 6.74. The van der Waals surface area contributed by atoms with Gasteiger partial charge in [0, 0.05) is 54.8 Å². The first-order valence-corrected chi connectivity index (χ1v) is 14.5. The van der Waals surface area contributed by atoms with Crippen LogP contribution < -0.4 is 4.90 Å².